The van der Waals surface area contributed by atoms with Crippen molar-refractivity contribution in [2.75, 3.05) is 0 Å². The Morgan fingerprint density at radius 2 is 1.96 bits per heavy atom. The number of carbonyl (C=O) groups excluding carboxylic acids is 1. The topological polar surface area (TPSA) is 81.8 Å². The van der Waals surface area contributed by atoms with Crippen LogP contribution < -0.4 is 0 Å². The van der Waals surface area contributed by atoms with Crippen molar-refractivity contribution in [3.8, 4) is 0 Å². The lowest BCUT2D eigenvalue weighted by atomic mass is 10.1. The summed E-state index contributed by atoms with van der Waals surface area (Å²) in [7, 11) is 0. The maximum atomic E-state index is 12.0. The summed E-state index contributed by atoms with van der Waals surface area (Å²) in [5.74, 6) is -0.659. The van der Waals surface area contributed by atoms with Gasteiger partial charge < -0.3 is 4.74 Å². The van der Waals surface area contributed by atoms with E-state index in [1.807, 2.05) is 0 Å². The van der Waals surface area contributed by atoms with Crippen molar-refractivity contribution in [1.29, 1.82) is 0 Å². The van der Waals surface area contributed by atoms with Crippen LogP contribution in [0.5, 0.6) is 0 Å². The number of cyclic esters (lactones) is 1. The van der Waals surface area contributed by atoms with Crippen molar-refractivity contribution in [3.05, 3.63) is 78.9 Å². The molecule has 2 aromatic carbocycles. The van der Waals surface area contributed by atoms with Crippen LogP contribution in [-0.4, -0.2) is 16.8 Å². The molecule has 25 heavy (non-hydrogen) atoms. The normalized spacial score (nSPS) is 15.2. The Balaban J connectivity index is 1.99. The lowest BCUT2D eigenvalue weighted by molar-refractivity contribution is -0.385. The number of aryl methyl sites for hydroxylation is 1. The Labute approximate surface area is 152 Å². The van der Waals surface area contributed by atoms with Crippen LogP contribution in [0, 0.1) is 17.0 Å². The van der Waals surface area contributed by atoms with E-state index in [-0.39, 0.29) is 17.3 Å². The molecule has 0 fully saturated rings. The van der Waals surface area contributed by atoms with Crippen LogP contribution in [0.2, 0.25) is 10.0 Å². The molecule has 1 aliphatic rings. The quantitative estimate of drug-likeness (QED) is 0.340. The van der Waals surface area contributed by atoms with Gasteiger partial charge in [0.2, 0.25) is 5.90 Å². The third-order valence-electron chi connectivity index (χ3n) is 3.53. The van der Waals surface area contributed by atoms with Crippen molar-refractivity contribution in [3.63, 3.8) is 0 Å². The van der Waals surface area contributed by atoms with Gasteiger partial charge in [0.25, 0.3) is 5.69 Å². The molecule has 2 aromatic rings. The van der Waals surface area contributed by atoms with Crippen LogP contribution in [-0.2, 0) is 9.53 Å². The lowest BCUT2D eigenvalue weighted by Crippen LogP contribution is -2.06. The summed E-state index contributed by atoms with van der Waals surface area (Å²) >= 11 is 11.9. The van der Waals surface area contributed by atoms with E-state index in [0.29, 0.717) is 26.7 Å². The van der Waals surface area contributed by atoms with Crippen LogP contribution in [0.1, 0.15) is 16.7 Å². The zero-order chi connectivity index (χ0) is 18.1. The molecule has 0 aromatic heterocycles. The summed E-state index contributed by atoms with van der Waals surface area (Å²) in [6.45, 7) is 1.62. The van der Waals surface area contributed by atoms with E-state index in [2.05, 4.69) is 4.99 Å². The molecule has 0 bridgehead atoms. The molecule has 0 unspecified atom stereocenters. The van der Waals surface area contributed by atoms with Gasteiger partial charge in [0, 0.05) is 27.2 Å². The largest absolute Gasteiger partial charge is 0.402 e. The van der Waals surface area contributed by atoms with Crippen molar-refractivity contribution >= 4 is 46.8 Å². The van der Waals surface area contributed by atoms with E-state index >= 15 is 0 Å². The highest BCUT2D eigenvalue weighted by Gasteiger charge is 2.26. The van der Waals surface area contributed by atoms with Crippen LogP contribution in [0.25, 0.3) is 6.08 Å². The molecule has 0 atom stereocenters. The molecule has 0 saturated heterocycles. The van der Waals surface area contributed by atoms with Gasteiger partial charge in [-0.1, -0.05) is 35.3 Å². The van der Waals surface area contributed by atoms with Crippen molar-refractivity contribution < 1.29 is 14.5 Å². The first-order valence-corrected chi connectivity index (χ1v) is 7.84. The van der Waals surface area contributed by atoms with Crippen molar-refractivity contribution in [1.82, 2.24) is 0 Å². The van der Waals surface area contributed by atoms with Gasteiger partial charge in [0.05, 0.1) is 4.92 Å². The number of benzene rings is 2. The van der Waals surface area contributed by atoms with E-state index in [4.69, 9.17) is 27.9 Å². The molecule has 0 spiro atoms. The minimum atomic E-state index is -0.663. The summed E-state index contributed by atoms with van der Waals surface area (Å²) < 4.78 is 5.12. The summed E-state index contributed by atoms with van der Waals surface area (Å²) in [4.78, 5) is 26.7. The van der Waals surface area contributed by atoms with Gasteiger partial charge in [0.15, 0.2) is 5.70 Å². The van der Waals surface area contributed by atoms with Gasteiger partial charge in [-0.05, 0) is 36.8 Å². The summed E-state index contributed by atoms with van der Waals surface area (Å²) in [5.41, 5.74) is 1.37. The molecule has 1 heterocycles. The van der Waals surface area contributed by atoms with Crippen LogP contribution in [0.3, 0.4) is 0 Å². The number of carbonyl (C=O) groups is 1. The maximum absolute atomic E-state index is 12.0. The standard InChI is InChI=1S/C17H10Cl2N2O4/c1-9-2-3-11(7-15(9)21(23)24)16-20-14(17(22)25-16)6-10-4-5-12(18)8-13(10)19/h2-8H,1H3/b14-6+. The first kappa shape index (κ1) is 17.1. The van der Waals surface area contributed by atoms with Gasteiger partial charge in [-0.3, -0.25) is 10.1 Å². The van der Waals surface area contributed by atoms with E-state index in [1.165, 1.54) is 12.1 Å². The number of rotatable bonds is 3. The fourth-order valence-corrected chi connectivity index (χ4v) is 2.70. The molecule has 6 nitrogen and oxygen atoms in total. The summed E-state index contributed by atoms with van der Waals surface area (Å²) in [6.07, 6.45) is 1.47. The summed E-state index contributed by atoms with van der Waals surface area (Å²) in [5, 5.41) is 11.9. The van der Waals surface area contributed by atoms with Gasteiger partial charge in [0.1, 0.15) is 0 Å². The van der Waals surface area contributed by atoms with Gasteiger partial charge in [-0.2, -0.15) is 0 Å². The average Bonchev–Trinajstić information content (AvgIpc) is 2.91. The van der Waals surface area contributed by atoms with E-state index in [1.54, 1.807) is 37.3 Å². The van der Waals surface area contributed by atoms with E-state index < -0.39 is 10.9 Å². The highest BCUT2D eigenvalue weighted by Crippen LogP contribution is 2.27. The number of nitrogens with zero attached hydrogens (tertiary/aromatic N) is 2. The molecular weight excluding hydrogens is 367 g/mol. The number of halogens is 2. The molecule has 8 heteroatoms. The first-order chi connectivity index (χ1) is 11.8. The van der Waals surface area contributed by atoms with Gasteiger partial charge in [-0.15, -0.1) is 0 Å². The Morgan fingerprint density at radius 3 is 2.64 bits per heavy atom. The molecule has 1 aliphatic heterocycles. The SMILES string of the molecule is Cc1ccc(C2=N/C(=C/c3ccc(Cl)cc3Cl)C(=O)O2)cc1[N+](=O)[O-]. The second kappa shape index (κ2) is 6.66. The lowest BCUT2D eigenvalue weighted by Gasteiger charge is -2.01. The highest BCUT2D eigenvalue weighted by atomic mass is 35.5. The molecule has 126 valence electrons. The average molecular weight is 377 g/mol. The molecule has 0 radical (unpaired) electrons. The molecule has 0 saturated carbocycles. The fourth-order valence-electron chi connectivity index (χ4n) is 2.24. The molecule has 0 N–H and O–H groups in total. The zero-order valence-corrected chi connectivity index (χ0v) is 14.3. The van der Waals surface area contributed by atoms with Crippen molar-refractivity contribution in [2.24, 2.45) is 4.99 Å². The zero-order valence-electron chi connectivity index (χ0n) is 12.8. The molecular formula is C17H10Cl2N2O4. The Kier molecular flexibility index (Phi) is 4.57. The van der Waals surface area contributed by atoms with Crippen molar-refractivity contribution in [2.45, 2.75) is 6.92 Å². The van der Waals surface area contributed by atoms with E-state index in [9.17, 15) is 14.9 Å². The fraction of sp³-hybridized carbons (Fsp3) is 0.0588. The predicted molar refractivity (Wildman–Crippen MR) is 94.9 cm³/mol. The number of hydrogen-bond acceptors (Lipinski definition) is 5. The van der Waals surface area contributed by atoms with Crippen LogP contribution in [0.4, 0.5) is 5.69 Å². The number of aliphatic imine (C=N–C) groups is 1. The molecule has 3 rings (SSSR count). The number of ether oxygens (including phenoxy) is 1. The number of hydrogen-bond donors (Lipinski definition) is 0. The first-order valence-electron chi connectivity index (χ1n) is 7.08. The number of nitro benzene ring substituents is 1. The van der Waals surface area contributed by atoms with Crippen LogP contribution in [0.15, 0.2) is 47.1 Å². The Bertz CT molecular complexity index is 967. The number of esters is 1. The third kappa shape index (κ3) is 3.55. The Hall–Kier alpha value is -2.70. The second-order valence-corrected chi connectivity index (χ2v) is 6.10. The van der Waals surface area contributed by atoms with E-state index in [0.717, 1.165) is 0 Å². The second-order valence-electron chi connectivity index (χ2n) is 5.26. The minimum Gasteiger partial charge on any atom is -0.402 e. The predicted octanol–water partition coefficient (Wildman–Crippen LogP) is 4.55. The van der Waals surface area contributed by atoms with Gasteiger partial charge in [-0.25, -0.2) is 9.79 Å². The number of nitro groups is 1. The maximum Gasteiger partial charge on any atom is 0.363 e. The third-order valence-corrected chi connectivity index (χ3v) is 4.09. The van der Waals surface area contributed by atoms with Crippen LogP contribution >= 0.6 is 23.2 Å². The molecule has 0 aliphatic carbocycles. The molecule has 0 amide bonds. The van der Waals surface area contributed by atoms with Gasteiger partial charge >= 0.3 is 5.97 Å². The Morgan fingerprint density at radius 1 is 1.20 bits per heavy atom. The summed E-state index contributed by atoms with van der Waals surface area (Å²) in [6, 6.07) is 9.32. The smallest absolute Gasteiger partial charge is 0.363 e. The minimum absolute atomic E-state index is 0.00411. The monoisotopic (exact) mass is 376 g/mol. The highest BCUT2D eigenvalue weighted by molar-refractivity contribution is 6.35.